The molecular formula is C14H26N4O. The van der Waals surface area contributed by atoms with Crippen molar-refractivity contribution < 1.29 is 4.74 Å². The summed E-state index contributed by atoms with van der Waals surface area (Å²) < 4.78 is 7.21. The molecule has 5 heteroatoms. The number of aromatic nitrogens is 2. The van der Waals surface area contributed by atoms with Crippen LogP contribution in [0.25, 0.3) is 0 Å². The van der Waals surface area contributed by atoms with Gasteiger partial charge in [-0.05, 0) is 39.8 Å². The first-order valence-electron chi connectivity index (χ1n) is 7.14. The number of hydrogen-bond donors (Lipinski definition) is 1. The summed E-state index contributed by atoms with van der Waals surface area (Å²) in [5.41, 5.74) is 2.21. The lowest BCUT2D eigenvalue weighted by Crippen LogP contribution is -2.38. The third-order valence-corrected chi connectivity index (χ3v) is 3.99. The Hall–Kier alpha value is -1.07. The number of nitrogens with one attached hydrogen (secondary N) is 1. The Bertz CT molecular complexity index is 410. The van der Waals surface area contributed by atoms with Crippen LogP contribution in [0.2, 0.25) is 0 Å². The summed E-state index contributed by atoms with van der Waals surface area (Å²) >= 11 is 0. The molecule has 1 aromatic rings. The maximum absolute atomic E-state index is 5.40. The van der Waals surface area contributed by atoms with Crippen LogP contribution in [0, 0.1) is 6.92 Å². The van der Waals surface area contributed by atoms with Crippen LogP contribution < -0.4 is 10.1 Å². The zero-order chi connectivity index (χ0) is 13.8. The fraction of sp³-hybridized carbons (Fsp3) is 0.786. The molecule has 0 saturated carbocycles. The van der Waals surface area contributed by atoms with E-state index in [2.05, 4.69) is 22.2 Å². The topological polar surface area (TPSA) is 42.3 Å². The Balaban J connectivity index is 1.85. The van der Waals surface area contributed by atoms with E-state index in [4.69, 9.17) is 4.74 Å². The molecule has 1 fully saturated rings. The second-order valence-electron chi connectivity index (χ2n) is 5.42. The van der Waals surface area contributed by atoms with Crippen molar-refractivity contribution >= 4 is 0 Å². The smallest absolute Gasteiger partial charge is 0.216 e. The summed E-state index contributed by atoms with van der Waals surface area (Å²) in [7, 11) is 3.62. The van der Waals surface area contributed by atoms with E-state index in [-0.39, 0.29) is 0 Å². The first-order chi connectivity index (χ1) is 9.13. The standard InChI is InChI=1S/C14H26N4O/c1-11(18-7-5-6-8-18)9-15-10-13-12(2)16-17(3)14(13)19-4/h11,15H,5-10H2,1-4H3. The van der Waals surface area contributed by atoms with Crippen molar-refractivity contribution in [3.05, 3.63) is 11.3 Å². The number of rotatable bonds is 6. The van der Waals surface area contributed by atoms with Crippen molar-refractivity contribution in [2.45, 2.75) is 39.3 Å². The largest absolute Gasteiger partial charge is 0.481 e. The minimum absolute atomic E-state index is 0.602. The lowest BCUT2D eigenvalue weighted by molar-refractivity contribution is 0.251. The van der Waals surface area contributed by atoms with Crippen LogP contribution in [-0.2, 0) is 13.6 Å². The number of aryl methyl sites for hydroxylation is 2. The molecule has 1 unspecified atom stereocenters. The molecule has 1 aromatic heterocycles. The lowest BCUT2D eigenvalue weighted by Gasteiger charge is -2.24. The van der Waals surface area contributed by atoms with Crippen LogP contribution in [-0.4, -0.2) is 47.5 Å². The molecule has 1 aliphatic rings. The average molecular weight is 266 g/mol. The van der Waals surface area contributed by atoms with Crippen LogP contribution in [0.3, 0.4) is 0 Å². The first kappa shape index (κ1) is 14.3. The van der Waals surface area contributed by atoms with E-state index >= 15 is 0 Å². The number of ether oxygens (including phenoxy) is 1. The van der Waals surface area contributed by atoms with E-state index in [1.165, 1.54) is 31.5 Å². The molecular weight excluding hydrogens is 240 g/mol. The van der Waals surface area contributed by atoms with Gasteiger partial charge in [0, 0.05) is 26.2 Å². The zero-order valence-corrected chi connectivity index (χ0v) is 12.6. The molecule has 0 radical (unpaired) electrons. The summed E-state index contributed by atoms with van der Waals surface area (Å²) in [5.74, 6) is 0.860. The Kier molecular flexibility index (Phi) is 4.82. The van der Waals surface area contributed by atoms with E-state index < -0.39 is 0 Å². The van der Waals surface area contributed by atoms with Crippen LogP contribution in [0.4, 0.5) is 0 Å². The van der Waals surface area contributed by atoms with E-state index in [9.17, 15) is 0 Å². The summed E-state index contributed by atoms with van der Waals surface area (Å²) in [6.07, 6.45) is 2.69. The lowest BCUT2D eigenvalue weighted by atomic mass is 10.2. The van der Waals surface area contributed by atoms with Crippen molar-refractivity contribution in [1.82, 2.24) is 20.0 Å². The van der Waals surface area contributed by atoms with Crippen molar-refractivity contribution in [2.75, 3.05) is 26.7 Å². The summed E-state index contributed by atoms with van der Waals surface area (Å²) in [4.78, 5) is 2.56. The van der Waals surface area contributed by atoms with Gasteiger partial charge in [-0.25, -0.2) is 4.68 Å². The molecule has 5 nitrogen and oxygen atoms in total. The van der Waals surface area contributed by atoms with Crippen molar-refractivity contribution in [2.24, 2.45) is 7.05 Å². The fourth-order valence-electron chi connectivity index (χ4n) is 2.86. The third kappa shape index (κ3) is 3.28. The van der Waals surface area contributed by atoms with Gasteiger partial charge in [-0.3, -0.25) is 4.90 Å². The van der Waals surface area contributed by atoms with Gasteiger partial charge in [0.1, 0.15) is 0 Å². The van der Waals surface area contributed by atoms with E-state index in [0.717, 1.165) is 24.7 Å². The molecule has 0 bridgehead atoms. The maximum atomic E-state index is 5.40. The summed E-state index contributed by atoms with van der Waals surface area (Å²) in [6, 6.07) is 0.602. The highest BCUT2D eigenvalue weighted by Crippen LogP contribution is 2.20. The molecule has 108 valence electrons. The quantitative estimate of drug-likeness (QED) is 0.843. The van der Waals surface area contributed by atoms with E-state index in [1.807, 2.05) is 14.0 Å². The van der Waals surface area contributed by atoms with Crippen molar-refractivity contribution in [3.8, 4) is 5.88 Å². The molecule has 1 saturated heterocycles. The Morgan fingerprint density at radius 3 is 2.68 bits per heavy atom. The van der Waals surface area contributed by atoms with Gasteiger partial charge in [0.25, 0.3) is 0 Å². The first-order valence-corrected chi connectivity index (χ1v) is 7.14. The predicted octanol–water partition coefficient (Wildman–Crippen LogP) is 1.31. The highest BCUT2D eigenvalue weighted by Gasteiger charge is 2.18. The van der Waals surface area contributed by atoms with Gasteiger partial charge >= 0.3 is 0 Å². The molecule has 0 amide bonds. The highest BCUT2D eigenvalue weighted by molar-refractivity contribution is 5.30. The van der Waals surface area contributed by atoms with E-state index in [0.29, 0.717) is 6.04 Å². The van der Waals surface area contributed by atoms with Crippen LogP contribution in [0.5, 0.6) is 5.88 Å². The van der Waals surface area contributed by atoms with Crippen LogP contribution in [0.1, 0.15) is 31.0 Å². The molecule has 19 heavy (non-hydrogen) atoms. The van der Waals surface area contributed by atoms with Crippen LogP contribution >= 0.6 is 0 Å². The Morgan fingerprint density at radius 2 is 2.05 bits per heavy atom. The van der Waals surface area contributed by atoms with Gasteiger partial charge in [-0.2, -0.15) is 5.10 Å². The maximum Gasteiger partial charge on any atom is 0.216 e. The molecule has 0 aliphatic carbocycles. The van der Waals surface area contributed by atoms with E-state index in [1.54, 1.807) is 11.8 Å². The number of nitrogens with zero attached hydrogens (tertiary/aromatic N) is 3. The molecule has 2 rings (SSSR count). The summed E-state index contributed by atoms with van der Waals surface area (Å²) in [5, 5.41) is 7.93. The molecule has 0 aromatic carbocycles. The SMILES string of the molecule is COc1c(CNCC(C)N2CCCC2)c(C)nn1C. The fourth-order valence-corrected chi connectivity index (χ4v) is 2.86. The minimum Gasteiger partial charge on any atom is -0.481 e. The van der Waals surface area contributed by atoms with Crippen molar-refractivity contribution in [1.29, 1.82) is 0 Å². The second-order valence-corrected chi connectivity index (χ2v) is 5.42. The Labute approximate surface area is 115 Å². The number of hydrogen-bond acceptors (Lipinski definition) is 4. The van der Waals surface area contributed by atoms with Gasteiger partial charge in [-0.1, -0.05) is 0 Å². The normalized spacial score (nSPS) is 17.9. The number of methoxy groups -OCH3 is 1. The van der Waals surface area contributed by atoms with Gasteiger partial charge in [-0.15, -0.1) is 0 Å². The highest BCUT2D eigenvalue weighted by atomic mass is 16.5. The van der Waals surface area contributed by atoms with Gasteiger partial charge in [0.05, 0.1) is 18.4 Å². The van der Waals surface area contributed by atoms with Gasteiger partial charge in [0.2, 0.25) is 5.88 Å². The minimum atomic E-state index is 0.602. The van der Waals surface area contributed by atoms with Gasteiger partial charge < -0.3 is 10.1 Å². The third-order valence-electron chi connectivity index (χ3n) is 3.99. The Morgan fingerprint density at radius 1 is 1.37 bits per heavy atom. The summed E-state index contributed by atoms with van der Waals surface area (Å²) in [6.45, 7) is 8.66. The molecule has 1 atom stereocenters. The predicted molar refractivity (Wildman–Crippen MR) is 76.5 cm³/mol. The van der Waals surface area contributed by atoms with Crippen LogP contribution in [0.15, 0.2) is 0 Å². The second kappa shape index (κ2) is 6.39. The number of likely N-dealkylation sites (tertiary alicyclic amines) is 1. The molecule has 2 heterocycles. The zero-order valence-electron chi connectivity index (χ0n) is 12.6. The van der Waals surface area contributed by atoms with Gasteiger partial charge in [0.15, 0.2) is 0 Å². The van der Waals surface area contributed by atoms with Crippen molar-refractivity contribution in [3.63, 3.8) is 0 Å². The molecule has 1 N–H and O–H groups in total. The monoisotopic (exact) mass is 266 g/mol. The molecule has 1 aliphatic heterocycles. The molecule has 0 spiro atoms. The average Bonchev–Trinajstić information content (AvgIpc) is 2.98.